The maximum Gasteiger partial charge on any atom is 0.0819 e. The van der Waals surface area contributed by atoms with Crippen molar-refractivity contribution < 1.29 is 0 Å². The van der Waals surface area contributed by atoms with Crippen molar-refractivity contribution in [3.63, 3.8) is 0 Å². The number of hydrogen-bond donors (Lipinski definition) is 1. The van der Waals surface area contributed by atoms with Gasteiger partial charge in [0, 0.05) is 24.4 Å². The highest BCUT2D eigenvalue weighted by atomic mass is 32.2. The van der Waals surface area contributed by atoms with E-state index in [1.54, 1.807) is 0 Å². The Morgan fingerprint density at radius 2 is 2.50 bits per heavy atom. The molecule has 0 aromatic rings. The van der Waals surface area contributed by atoms with Crippen molar-refractivity contribution in [1.82, 2.24) is 5.32 Å². The van der Waals surface area contributed by atoms with E-state index in [-0.39, 0.29) is 0 Å². The average Bonchev–Trinajstić information content (AvgIpc) is 2.68. The fourth-order valence-electron chi connectivity index (χ4n) is 1.84. The van der Waals surface area contributed by atoms with Gasteiger partial charge in [0.15, 0.2) is 0 Å². The smallest absolute Gasteiger partial charge is 0.0819 e. The predicted octanol–water partition coefficient (Wildman–Crippen LogP) is 1.83. The molecular formula is C10H15N3S. The third kappa shape index (κ3) is 2.20. The first kappa shape index (κ1) is 9.81. The van der Waals surface area contributed by atoms with Crippen LogP contribution in [0.5, 0.6) is 0 Å². The Labute approximate surface area is 88.8 Å². The van der Waals surface area contributed by atoms with Crippen molar-refractivity contribution in [2.24, 2.45) is 16.1 Å². The van der Waals surface area contributed by atoms with Crippen LogP contribution in [0.15, 0.2) is 28.2 Å². The third-order valence-corrected chi connectivity index (χ3v) is 3.31. The summed E-state index contributed by atoms with van der Waals surface area (Å²) in [6, 6.07) is 0.815. The Balaban J connectivity index is 1.90. The van der Waals surface area contributed by atoms with E-state index in [9.17, 15) is 0 Å². The van der Waals surface area contributed by atoms with Gasteiger partial charge in [0.05, 0.1) is 12.1 Å². The topological polar surface area (TPSA) is 36.8 Å². The van der Waals surface area contributed by atoms with Gasteiger partial charge in [0.25, 0.3) is 0 Å². The highest BCUT2D eigenvalue weighted by molar-refractivity contribution is 7.98. The van der Waals surface area contributed by atoms with Gasteiger partial charge in [0.1, 0.15) is 0 Å². The minimum absolute atomic E-state index is 0.376. The normalized spacial score (nSPS) is 34.8. The zero-order chi connectivity index (χ0) is 9.80. The molecule has 2 heterocycles. The average molecular weight is 209 g/mol. The van der Waals surface area contributed by atoms with Crippen molar-refractivity contribution in [2.75, 3.05) is 18.6 Å². The molecule has 0 saturated heterocycles. The lowest BCUT2D eigenvalue weighted by Gasteiger charge is -2.18. The maximum atomic E-state index is 4.35. The van der Waals surface area contributed by atoms with Crippen molar-refractivity contribution in [3.8, 4) is 0 Å². The van der Waals surface area contributed by atoms with Crippen LogP contribution in [-0.4, -0.2) is 30.6 Å². The van der Waals surface area contributed by atoms with Crippen LogP contribution >= 0.6 is 11.8 Å². The molecule has 14 heavy (non-hydrogen) atoms. The molecule has 0 fully saturated rings. The van der Waals surface area contributed by atoms with Gasteiger partial charge < -0.3 is 5.32 Å². The van der Waals surface area contributed by atoms with Crippen molar-refractivity contribution in [2.45, 2.75) is 18.5 Å². The van der Waals surface area contributed by atoms with Crippen LogP contribution in [0, 0.1) is 5.92 Å². The Morgan fingerprint density at radius 3 is 3.21 bits per heavy atom. The van der Waals surface area contributed by atoms with Crippen molar-refractivity contribution >= 4 is 11.8 Å². The second-order valence-electron chi connectivity index (χ2n) is 3.69. The van der Waals surface area contributed by atoms with Crippen LogP contribution in [0.25, 0.3) is 0 Å². The van der Waals surface area contributed by atoms with E-state index in [1.165, 1.54) is 0 Å². The van der Waals surface area contributed by atoms with Crippen LogP contribution in [0.4, 0.5) is 0 Å². The minimum Gasteiger partial charge on any atom is -0.384 e. The Morgan fingerprint density at radius 1 is 1.57 bits per heavy atom. The molecule has 0 saturated carbocycles. The number of thioether (sulfide) groups is 1. The van der Waals surface area contributed by atoms with Gasteiger partial charge in [-0.2, -0.15) is 22.0 Å². The quantitative estimate of drug-likeness (QED) is 0.720. The first-order valence-corrected chi connectivity index (χ1v) is 6.33. The highest BCUT2D eigenvalue weighted by Crippen LogP contribution is 2.25. The Bertz CT molecular complexity index is 281. The van der Waals surface area contributed by atoms with Gasteiger partial charge in [-0.3, -0.25) is 0 Å². The minimum atomic E-state index is 0.376. The lowest BCUT2D eigenvalue weighted by atomic mass is 9.95. The van der Waals surface area contributed by atoms with Crippen LogP contribution in [0.3, 0.4) is 0 Å². The zero-order valence-corrected chi connectivity index (χ0v) is 9.13. The molecule has 0 amide bonds. The van der Waals surface area contributed by atoms with Crippen molar-refractivity contribution in [3.05, 3.63) is 18.0 Å². The summed E-state index contributed by atoms with van der Waals surface area (Å²) in [5.41, 5.74) is 3.09. The summed E-state index contributed by atoms with van der Waals surface area (Å²) in [4.78, 5) is 0. The first-order chi connectivity index (χ1) is 6.90. The molecule has 3 atom stereocenters. The summed E-state index contributed by atoms with van der Waals surface area (Å²) in [7, 11) is 0. The molecule has 0 radical (unpaired) electrons. The second kappa shape index (κ2) is 4.67. The van der Waals surface area contributed by atoms with E-state index < -0.39 is 0 Å². The van der Waals surface area contributed by atoms with Crippen LogP contribution in [0.2, 0.25) is 0 Å². The summed E-state index contributed by atoms with van der Waals surface area (Å²) < 4.78 is 0. The number of azo groups is 1. The van der Waals surface area contributed by atoms with E-state index in [4.69, 9.17) is 0 Å². The van der Waals surface area contributed by atoms with Gasteiger partial charge in [0.2, 0.25) is 0 Å². The molecule has 4 heteroatoms. The molecule has 2 aliphatic rings. The molecule has 1 N–H and O–H groups in total. The van der Waals surface area contributed by atoms with Gasteiger partial charge >= 0.3 is 0 Å². The van der Waals surface area contributed by atoms with Crippen LogP contribution in [0.1, 0.15) is 6.42 Å². The monoisotopic (exact) mass is 209 g/mol. The fraction of sp³-hybridized carbons (Fsp3) is 0.700. The van der Waals surface area contributed by atoms with Crippen LogP contribution in [-0.2, 0) is 0 Å². The number of rotatable bonds is 3. The molecule has 0 aromatic heterocycles. The molecule has 0 aliphatic carbocycles. The molecule has 76 valence electrons. The molecule has 3 nitrogen and oxygen atoms in total. The van der Waals surface area contributed by atoms with Gasteiger partial charge in [-0.15, -0.1) is 5.73 Å². The zero-order valence-electron chi connectivity index (χ0n) is 8.31. The largest absolute Gasteiger partial charge is 0.384 e. The molecule has 3 unspecified atom stereocenters. The standard InChI is InChI=1S/C10H15N3S/c1-14-7-9-5-10(13-12-9)8-3-2-4-11-6-8/h3-4,8-11H,5-7H2,1H3. The Kier molecular flexibility index (Phi) is 3.27. The summed E-state index contributed by atoms with van der Waals surface area (Å²) in [5.74, 6) is 1.58. The molecular weight excluding hydrogens is 194 g/mol. The molecule has 0 bridgehead atoms. The molecule has 2 rings (SSSR count). The lowest BCUT2D eigenvalue weighted by Crippen LogP contribution is -2.28. The fourth-order valence-corrected chi connectivity index (χ4v) is 2.43. The highest BCUT2D eigenvalue weighted by Gasteiger charge is 2.27. The summed E-state index contributed by atoms with van der Waals surface area (Å²) in [6.07, 6.45) is 7.20. The van der Waals surface area contributed by atoms with Gasteiger partial charge in [-0.25, -0.2) is 0 Å². The second-order valence-corrected chi connectivity index (χ2v) is 4.60. The molecule has 0 spiro atoms. The molecule has 2 aliphatic heterocycles. The SMILES string of the molecule is CSCC1CC(C2C=C=CNC2)N=N1. The van der Waals surface area contributed by atoms with Gasteiger partial charge in [-0.05, 0) is 18.8 Å². The number of nitrogens with zero attached hydrogens (tertiary/aromatic N) is 2. The van der Waals surface area contributed by atoms with E-state index in [0.29, 0.717) is 18.0 Å². The van der Waals surface area contributed by atoms with E-state index >= 15 is 0 Å². The van der Waals surface area contributed by atoms with Crippen LogP contribution < -0.4 is 5.32 Å². The van der Waals surface area contributed by atoms with E-state index in [0.717, 1.165) is 18.7 Å². The summed E-state index contributed by atoms with van der Waals surface area (Å²) in [5, 5.41) is 11.8. The first-order valence-electron chi connectivity index (χ1n) is 4.93. The lowest BCUT2D eigenvalue weighted by molar-refractivity contribution is 0.475. The Hall–Kier alpha value is -0.730. The van der Waals surface area contributed by atoms with Crippen molar-refractivity contribution in [1.29, 1.82) is 0 Å². The maximum absolute atomic E-state index is 4.35. The predicted molar refractivity (Wildman–Crippen MR) is 59.6 cm³/mol. The number of nitrogens with one attached hydrogen (secondary N) is 1. The van der Waals surface area contributed by atoms with E-state index in [1.807, 2.05) is 18.0 Å². The van der Waals surface area contributed by atoms with Gasteiger partial charge in [-0.1, -0.05) is 0 Å². The van der Waals surface area contributed by atoms with E-state index in [2.05, 4.69) is 33.6 Å². The summed E-state index contributed by atoms with van der Waals surface area (Å²) >= 11 is 1.85. The summed E-state index contributed by atoms with van der Waals surface area (Å²) in [6.45, 7) is 0.975. The third-order valence-electron chi connectivity index (χ3n) is 2.59. The molecule has 0 aromatic carbocycles. The number of hydrogen-bond acceptors (Lipinski definition) is 4.